The van der Waals surface area contributed by atoms with E-state index >= 15 is 0 Å². The van der Waals surface area contributed by atoms with Gasteiger partial charge in [0, 0.05) is 18.8 Å². The third-order valence-corrected chi connectivity index (χ3v) is 5.68. The van der Waals surface area contributed by atoms with E-state index in [1.165, 1.54) is 32.7 Å². The van der Waals surface area contributed by atoms with Crippen LogP contribution in [0.1, 0.15) is 25.6 Å². The fraction of sp³-hybridized carbons (Fsp3) is 0.429. The van der Waals surface area contributed by atoms with Crippen molar-refractivity contribution in [1.82, 2.24) is 35.2 Å². The number of halogens is 3. The van der Waals surface area contributed by atoms with Crippen LogP contribution in [0.2, 0.25) is 0 Å². The van der Waals surface area contributed by atoms with Crippen LogP contribution in [0.4, 0.5) is 29.7 Å². The van der Waals surface area contributed by atoms with Crippen LogP contribution < -0.4 is 21.1 Å². The lowest BCUT2D eigenvalue weighted by Gasteiger charge is -2.16. The monoisotopic (exact) mass is 507 g/mol. The minimum absolute atomic E-state index is 0.0112. The van der Waals surface area contributed by atoms with Crippen molar-refractivity contribution in [3.8, 4) is 28.7 Å². The highest BCUT2D eigenvalue weighted by molar-refractivity contribution is 5.75. The molecule has 1 fully saturated rings. The maximum Gasteiger partial charge on any atom is 0.407 e. The first-order valence-corrected chi connectivity index (χ1v) is 10.8. The lowest BCUT2D eigenvalue weighted by molar-refractivity contribution is -0.162. The number of aromatic amines is 1. The number of anilines is 2. The number of rotatable bonds is 8. The number of carbonyl (C=O) groups excluding carboxylic acids is 1. The third-order valence-electron chi connectivity index (χ3n) is 5.68. The Morgan fingerprint density at radius 3 is 2.61 bits per heavy atom. The first-order valence-electron chi connectivity index (χ1n) is 10.8. The number of amides is 1. The van der Waals surface area contributed by atoms with Crippen LogP contribution in [0.3, 0.4) is 0 Å². The van der Waals surface area contributed by atoms with Gasteiger partial charge in [0.15, 0.2) is 5.82 Å². The topological polar surface area (TPSA) is 166 Å². The maximum atomic E-state index is 13.9. The number of carbonyl (C=O) groups is 1. The van der Waals surface area contributed by atoms with E-state index < -0.39 is 17.7 Å². The molecular weight excluding hydrogens is 483 g/mol. The second-order valence-electron chi connectivity index (χ2n) is 8.22. The summed E-state index contributed by atoms with van der Waals surface area (Å²) in [5.74, 6) is -0.0135. The van der Waals surface area contributed by atoms with E-state index in [9.17, 15) is 18.0 Å². The quantitative estimate of drug-likeness (QED) is 0.356. The first-order chi connectivity index (χ1) is 17.1. The van der Waals surface area contributed by atoms with Gasteiger partial charge < -0.3 is 30.8 Å². The molecule has 3 aromatic rings. The van der Waals surface area contributed by atoms with Crippen molar-refractivity contribution < 1.29 is 27.4 Å². The van der Waals surface area contributed by atoms with Crippen molar-refractivity contribution in [3.63, 3.8) is 0 Å². The van der Waals surface area contributed by atoms with Gasteiger partial charge in [-0.25, -0.2) is 29.7 Å². The molecule has 4 rings (SSSR count). The predicted octanol–water partition coefficient (Wildman–Crippen LogP) is 2.66. The van der Waals surface area contributed by atoms with E-state index in [0.717, 1.165) is 0 Å². The van der Waals surface area contributed by atoms with Gasteiger partial charge in [-0.05, 0) is 25.8 Å². The highest BCUT2D eigenvalue weighted by Gasteiger charge is 2.66. The number of hydrogen-bond donors (Lipinski definition) is 4. The number of nitrogens with one attached hydrogen (secondary N) is 3. The molecule has 1 atom stereocenters. The number of nitrogen functional groups attached to an aromatic ring is 1. The molecule has 1 unspecified atom stereocenters. The molecule has 3 heterocycles. The number of nitrogens with zero attached hydrogens (tertiary/aromatic N) is 5. The van der Waals surface area contributed by atoms with E-state index in [2.05, 4.69) is 45.3 Å². The summed E-state index contributed by atoms with van der Waals surface area (Å²) in [6, 6.07) is 1.20. The lowest BCUT2D eigenvalue weighted by Crippen LogP contribution is -2.37. The molecule has 192 valence electrons. The summed E-state index contributed by atoms with van der Waals surface area (Å²) in [4.78, 5) is 35.3. The number of imidazole rings is 1. The molecule has 1 aliphatic carbocycles. The molecule has 1 amide bonds. The van der Waals surface area contributed by atoms with E-state index in [4.69, 9.17) is 10.5 Å². The Morgan fingerprint density at radius 1 is 1.22 bits per heavy atom. The molecule has 12 nitrogen and oxygen atoms in total. The zero-order valence-corrected chi connectivity index (χ0v) is 19.6. The maximum absolute atomic E-state index is 13.9. The average Bonchev–Trinajstić information content (AvgIpc) is 3.56. The summed E-state index contributed by atoms with van der Waals surface area (Å²) in [5.41, 5.74) is 4.42. The molecular formula is C21H24F3N9O3. The van der Waals surface area contributed by atoms with E-state index in [-0.39, 0.29) is 71.7 Å². The minimum atomic E-state index is -4.48. The van der Waals surface area contributed by atoms with Crippen LogP contribution in [-0.2, 0) is 10.2 Å². The van der Waals surface area contributed by atoms with Crippen molar-refractivity contribution in [2.75, 3.05) is 31.8 Å². The highest BCUT2D eigenvalue weighted by Crippen LogP contribution is 2.58. The van der Waals surface area contributed by atoms with E-state index in [1.54, 1.807) is 6.92 Å². The summed E-state index contributed by atoms with van der Waals surface area (Å²) < 4.78 is 51.2. The Bertz CT molecular complexity index is 1260. The van der Waals surface area contributed by atoms with Crippen molar-refractivity contribution in [2.45, 2.75) is 37.4 Å². The van der Waals surface area contributed by atoms with Crippen molar-refractivity contribution in [1.29, 1.82) is 0 Å². The molecule has 0 aromatic carbocycles. The summed E-state index contributed by atoms with van der Waals surface area (Å²) in [5, 5.41) is 5.57. The molecule has 0 spiro atoms. The summed E-state index contributed by atoms with van der Waals surface area (Å²) >= 11 is 0. The number of nitrogens with two attached hydrogens (primary N) is 1. The molecule has 15 heteroatoms. The second kappa shape index (κ2) is 9.47. The van der Waals surface area contributed by atoms with E-state index in [0.29, 0.717) is 0 Å². The summed E-state index contributed by atoms with van der Waals surface area (Å²) in [6.07, 6.45) is -2.49. The number of hydrogen-bond acceptors (Lipinski definition) is 10. The Labute approximate surface area is 203 Å². The lowest BCUT2D eigenvalue weighted by atomic mass is 10.1. The predicted molar refractivity (Wildman–Crippen MR) is 122 cm³/mol. The Morgan fingerprint density at radius 2 is 1.97 bits per heavy atom. The van der Waals surface area contributed by atoms with Gasteiger partial charge in [0.1, 0.15) is 22.6 Å². The van der Waals surface area contributed by atoms with Gasteiger partial charge >= 0.3 is 12.3 Å². The smallest absolute Gasteiger partial charge is 0.407 e. The number of alkyl carbamates (subject to hydrolysis) is 1. The van der Waals surface area contributed by atoms with Gasteiger partial charge in [0.25, 0.3) is 5.88 Å². The van der Waals surface area contributed by atoms with Gasteiger partial charge in [0.05, 0.1) is 31.8 Å². The molecule has 1 saturated carbocycles. The fourth-order valence-corrected chi connectivity index (χ4v) is 3.53. The normalized spacial score (nSPS) is 15.2. The molecule has 36 heavy (non-hydrogen) atoms. The Balaban J connectivity index is 1.72. The number of H-pyrrole nitrogens is 1. The van der Waals surface area contributed by atoms with Crippen molar-refractivity contribution in [2.24, 2.45) is 0 Å². The first kappa shape index (κ1) is 24.9. The second-order valence-corrected chi connectivity index (χ2v) is 8.22. The highest BCUT2D eigenvalue weighted by atomic mass is 19.4. The van der Waals surface area contributed by atoms with Crippen LogP contribution in [0.15, 0.2) is 18.5 Å². The number of alkyl halides is 3. The zero-order chi connectivity index (χ0) is 26.1. The van der Waals surface area contributed by atoms with Crippen LogP contribution in [0.25, 0.3) is 22.8 Å². The standard InChI is InChI=1S/C21H24F3N9O3/c1-10(29-19(34)36-3)8-28-18-26-7-4-11(31-18)13-14(12-9-27-15(25)16(30-12)35-2)33-17(32-13)20(5-6-20)21(22,23)24/h4,7,9-10H,5-6,8H2,1-3H3,(H2,25,27)(H,29,34)(H,32,33)(H,26,28,31). The molecule has 0 aliphatic heterocycles. The van der Waals surface area contributed by atoms with Gasteiger partial charge in [-0.2, -0.15) is 13.2 Å². The summed E-state index contributed by atoms with van der Waals surface area (Å²) in [6.45, 7) is 2.00. The number of ether oxygens (including phenoxy) is 2. The Kier molecular flexibility index (Phi) is 6.56. The van der Waals surface area contributed by atoms with Gasteiger partial charge in [-0.3, -0.25) is 0 Å². The summed E-state index contributed by atoms with van der Waals surface area (Å²) in [7, 11) is 2.60. The van der Waals surface area contributed by atoms with E-state index in [1.807, 2.05) is 0 Å². The zero-order valence-electron chi connectivity index (χ0n) is 19.6. The van der Waals surface area contributed by atoms with Crippen LogP contribution in [-0.4, -0.2) is 69.0 Å². The van der Waals surface area contributed by atoms with Gasteiger partial charge in [0.2, 0.25) is 5.95 Å². The SMILES string of the molecule is COC(=O)NC(C)CNc1nccc(-c2[nH]c(C3(C(F)(F)F)CC3)nc2-c2cnc(N)c(OC)n2)n1. The average molecular weight is 507 g/mol. The number of aromatic nitrogens is 6. The fourth-order valence-electron chi connectivity index (χ4n) is 3.53. The van der Waals surface area contributed by atoms with Gasteiger partial charge in [-0.1, -0.05) is 0 Å². The molecule has 5 N–H and O–H groups in total. The van der Waals surface area contributed by atoms with Crippen molar-refractivity contribution in [3.05, 3.63) is 24.3 Å². The molecule has 1 aliphatic rings. The van der Waals surface area contributed by atoms with Gasteiger partial charge in [-0.15, -0.1) is 0 Å². The van der Waals surface area contributed by atoms with Crippen molar-refractivity contribution >= 4 is 17.9 Å². The molecule has 0 saturated heterocycles. The molecule has 0 bridgehead atoms. The van der Waals surface area contributed by atoms with Crippen LogP contribution >= 0.6 is 0 Å². The molecule has 0 radical (unpaired) electrons. The van der Waals surface area contributed by atoms with Crippen LogP contribution in [0.5, 0.6) is 5.88 Å². The minimum Gasteiger partial charge on any atom is -0.478 e. The Hall–Kier alpha value is -4.17. The molecule has 3 aromatic heterocycles. The number of methoxy groups -OCH3 is 2. The largest absolute Gasteiger partial charge is 0.478 e. The van der Waals surface area contributed by atoms with Crippen LogP contribution in [0, 0.1) is 0 Å². The third kappa shape index (κ3) is 4.81.